The summed E-state index contributed by atoms with van der Waals surface area (Å²) in [6.45, 7) is 4.36. The van der Waals surface area contributed by atoms with Gasteiger partial charge in [0, 0.05) is 6.20 Å². The van der Waals surface area contributed by atoms with Crippen LogP contribution >= 0.6 is 0 Å². The minimum atomic E-state index is 0.120. The lowest BCUT2D eigenvalue weighted by atomic mass is 9.86. The van der Waals surface area contributed by atoms with E-state index >= 15 is 0 Å². The Balaban J connectivity index is 1.88. The van der Waals surface area contributed by atoms with E-state index in [0.717, 1.165) is 49.9 Å². The van der Waals surface area contributed by atoms with Crippen LogP contribution in [0.3, 0.4) is 0 Å². The number of ether oxygens (including phenoxy) is 1. The summed E-state index contributed by atoms with van der Waals surface area (Å²) in [7, 11) is 0. The zero-order chi connectivity index (χ0) is 18.8. The van der Waals surface area contributed by atoms with E-state index in [1.165, 1.54) is 0 Å². The second-order valence-corrected chi connectivity index (χ2v) is 7.35. The van der Waals surface area contributed by atoms with Crippen molar-refractivity contribution in [1.82, 2.24) is 10.3 Å². The van der Waals surface area contributed by atoms with Gasteiger partial charge in [-0.25, -0.2) is 0 Å². The quantitative estimate of drug-likeness (QED) is 0.837. The van der Waals surface area contributed by atoms with Gasteiger partial charge in [-0.2, -0.15) is 5.26 Å². The zero-order valence-corrected chi connectivity index (χ0v) is 15.7. The SMILES string of the molecule is CCOc1c(C2CC2)ccc(O)c1-c1nccc(C2CCNCC2)c1C#N. The molecule has 4 rings (SSSR count). The summed E-state index contributed by atoms with van der Waals surface area (Å²) < 4.78 is 5.97. The first kappa shape index (κ1) is 17.8. The minimum absolute atomic E-state index is 0.120. The average Bonchev–Trinajstić information content (AvgIpc) is 3.54. The Morgan fingerprint density at radius 2 is 1.89 bits per heavy atom. The molecular weight excluding hydrogens is 338 g/mol. The van der Waals surface area contributed by atoms with Gasteiger partial charge in [0.2, 0.25) is 0 Å². The first-order valence-electron chi connectivity index (χ1n) is 9.83. The first-order valence-corrected chi connectivity index (χ1v) is 9.83. The number of aromatic nitrogens is 1. The fraction of sp³-hybridized carbons (Fsp3) is 0.455. The van der Waals surface area contributed by atoms with Gasteiger partial charge in [0.25, 0.3) is 0 Å². The normalized spacial score (nSPS) is 17.5. The highest BCUT2D eigenvalue weighted by Gasteiger charge is 2.31. The monoisotopic (exact) mass is 363 g/mol. The fourth-order valence-electron chi connectivity index (χ4n) is 4.09. The maximum Gasteiger partial charge on any atom is 0.135 e. The standard InChI is InChI=1S/C22H25N3O2/c1-2-27-22-17(14-3-4-14)5-6-19(26)20(22)21-18(13-23)16(9-12-25-21)15-7-10-24-11-8-15/h5-6,9,12,14-15,24,26H,2-4,7-8,10-11H2,1H3. The maximum absolute atomic E-state index is 10.7. The largest absolute Gasteiger partial charge is 0.507 e. The number of hydrogen-bond donors (Lipinski definition) is 2. The van der Waals surface area contributed by atoms with Crippen LogP contribution in [-0.2, 0) is 0 Å². The molecule has 140 valence electrons. The molecule has 2 fully saturated rings. The average molecular weight is 363 g/mol. The third-order valence-corrected chi connectivity index (χ3v) is 5.58. The van der Waals surface area contributed by atoms with E-state index in [4.69, 9.17) is 4.74 Å². The van der Waals surface area contributed by atoms with Crippen molar-refractivity contribution >= 4 is 0 Å². The van der Waals surface area contributed by atoms with Gasteiger partial charge in [0.15, 0.2) is 0 Å². The molecule has 0 amide bonds. The molecular formula is C22H25N3O2. The molecule has 1 aromatic heterocycles. The van der Waals surface area contributed by atoms with Gasteiger partial charge in [-0.15, -0.1) is 0 Å². The number of phenolic OH excluding ortho intramolecular Hbond substituents is 1. The Morgan fingerprint density at radius 1 is 1.15 bits per heavy atom. The minimum Gasteiger partial charge on any atom is -0.507 e. The molecule has 5 nitrogen and oxygen atoms in total. The number of nitrogens with one attached hydrogen (secondary N) is 1. The molecule has 27 heavy (non-hydrogen) atoms. The smallest absolute Gasteiger partial charge is 0.135 e. The summed E-state index contributed by atoms with van der Waals surface area (Å²) in [5.41, 5.74) is 3.81. The molecule has 2 N–H and O–H groups in total. The molecule has 2 aromatic rings. The Kier molecular flexibility index (Phi) is 5.00. The van der Waals surface area contributed by atoms with Crippen molar-refractivity contribution < 1.29 is 9.84 Å². The third-order valence-electron chi connectivity index (χ3n) is 5.58. The number of nitriles is 1. The molecule has 1 saturated carbocycles. The van der Waals surface area contributed by atoms with E-state index < -0.39 is 0 Å². The van der Waals surface area contributed by atoms with Crippen LogP contribution in [0.5, 0.6) is 11.5 Å². The summed E-state index contributed by atoms with van der Waals surface area (Å²) in [6, 6.07) is 7.99. The third kappa shape index (κ3) is 3.38. The number of phenols is 1. The predicted molar refractivity (Wildman–Crippen MR) is 104 cm³/mol. The lowest BCUT2D eigenvalue weighted by Crippen LogP contribution is -2.27. The number of pyridine rings is 1. The Labute approximate surface area is 160 Å². The molecule has 0 atom stereocenters. The van der Waals surface area contributed by atoms with Crippen LogP contribution in [0.1, 0.15) is 61.1 Å². The number of aromatic hydroxyl groups is 1. The van der Waals surface area contributed by atoms with Crippen molar-refractivity contribution in [2.45, 2.75) is 44.4 Å². The van der Waals surface area contributed by atoms with Gasteiger partial charge in [0.1, 0.15) is 17.6 Å². The van der Waals surface area contributed by atoms with Crippen molar-refractivity contribution in [3.8, 4) is 28.8 Å². The van der Waals surface area contributed by atoms with E-state index in [0.29, 0.717) is 41.0 Å². The molecule has 0 radical (unpaired) electrons. The van der Waals surface area contributed by atoms with E-state index in [9.17, 15) is 10.4 Å². The molecule has 0 bridgehead atoms. The fourth-order valence-corrected chi connectivity index (χ4v) is 4.09. The van der Waals surface area contributed by atoms with Crippen LogP contribution in [0.2, 0.25) is 0 Å². The summed E-state index contributed by atoms with van der Waals surface area (Å²) in [4.78, 5) is 4.52. The Morgan fingerprint density at radius 3 is 2.56 bits per heavy atom. The predicted octanol–water partition coefficient (Wildman–Crippen LogP) is 4.07. The molecule has 1 aromatic carbocycles. The molecule has 0 unspecified atom stereocenters. The van der Waals surface area contributed by atoms with E-state index in [1.54, 1.807) is 12.3 Å². The van der Waals surface area contributed by atoms with Gasteiger partial charge >= 0.3 is 0 Å². The van der Waals surface area contributed by atoms with Crippen LogP contribution in [0, 0.1) is 11.3 Å². The van der Waals surface area contributed by atoms with Gasteiger partial charge < -0.3 is 15.2 Å². The molecule has 1 aliphatic heterocycles. The first-order chi connectivity index (χ1) is 13.2. The van der Waals surface area contributed by atoms with Crippen molar-refractivity contribution in [3.63, 3.8) is 0 Å². The lowest BCUT2D eigenvalue weighted by Gasteiger charge is -2.25. The van der Waals surface area contributed by atoms with Crippen molar-refractivity contribution in [2.24, 2.45) is 0 Å². The number of piperidine rings is 1. The van der Waals surface area contributed by atoms with Gasteiger partial charge in [-0.05, 0) is 80.8 Å². The van der Waals surface area contributed by atoms with Crippen molar-refractivity contribution in [3.05, 3.63) is 41.1 Å². The molecule has 5 heteroatoms. The number of benzene rings is 1. The molecule has 2 aliphatic rings. The molecule has 2 heterocycles. The highest BCUT2D eigenvalue weighted by Crippen LogP contribution is 2.50. The van der Waals surface area contributed by atoms with Crippen LogP contribution < -0.4 is 10.1 Å². The highest BCUT2D eigenvalue weighted by molar-refractivity contribution is 5.80. The summed E-state index contributed by atoms with van der Waals surface area (Å²) >= 11 is 0. The van der Waals surface area contributed by atoms with Crippen molar-refractivity contribution in [2.75, 3.05) is 19.7 Å². The Bertz CT molecular complexity index is 878. The van der Waals surface area contributed by atoms with Gasteiger partial charge in [0.05, 0.1) is 23.4 Å². The number of nitrogens with zero attached hydrogens (tertiary/aromatic N) is 2. The van der Waals surface area contributed by atoms with Crippen LogP contribution in [0.25, 0.3) is 11.3 Å². The van der Waals surface area contributed by atoms with E-state index in [2.05, 4.69) is 16.4 Å². The lowest BCUT2D eigenvalue weighted by molar-refractivity contribution is 0.335. The maximum atomic E-state index is 10.7. The number of rotatable bonds is 5. The Hall–Kier alpha value is -2.58. The van der Waals surface area contributed by atoms with Crippen LogP contribution in [0.4, 0.5) is 0 Å². The molecule has 0 spiro atoms. The summed E-state index contributed by atoms with van der Waals surface area (Å²) in [5, 5.41) is 24.0. The second kappa shape index (κ2) is 7.58. The van der Waals surface area contributed by atoms with Crippen LogP contribution in [0.15, 0.2) is 24.4 Å². The summed E-state index contributed by atoms with van der Waals surface area (Å²) in [5.74, 6) is 1.62. The molecule has 1 aliphatic carbocycles. The second-order valence-electron chi connectivity index (χ2n) is 7.35. The molecule has 1 saturated heterocycles. The number of hydrogen-bond acceptors (Lipinski definition) is 5. The van der Waals surface area contributed by atoms with E-state index in [1.807, 2.05) is 19.1 Å². The zero-order valence-electron chi connectivity index (χ0n) is 15.7. The highest BCUT2D eigenvalue weighted by atomic mass is 16.5. The van der Waals surface area contributed by atoms with E-state index in [-0.39, 0.29) is 5.75 Å². The van der Waals surface area contributed by atoms with Crippen LogP contribution in [-0.4, -0.2) is 29.8 Å². The summed E-state index contributed by atoms with van der Waals surface area (Å²) in [6.07, 6.45) is 6.04. The van der Waals surface area contributed by atoms with Gasteiger partial charge in [-0.1, -0.05) is 6.07 Å². The van der Waals surface area contributed by atoms with Gasteiger partial charge in [-0.3, -0.25) is 4.98 Å². The topological polar surface area (TPSA) is 78.2 Å². The van der Waals surface area contributed by atoms with Crippen molar-refractivity contribution in [1.29, 1.82) is 5.26 Å².